The Morgan fingerprint density at radius 1 is 1.33 bits per heavy atom. The average molecular weight is 274 g/mol. The van der Waals surface area contributed by atoms with E-state index in [2.05, 4.69) is 5.48 Å². The Balaban J connectivity index is 3.02. The molecule has 0 aromatic heterocycles. The third kappa shape index (κ3) is 3.51. The Morgan fingerprint density at radius 2 is 2.06 bits per heavy atom. The lowest BCUT2D eigenvalue weighted by atomic mass is 10.2. The fourth-order valence-electron chi connectivity index (χ4n) is 1.33. The summed E-state index contributed by atoms with van der Waals surface area (Å²) in [4.78, 5) is 16.5. The second-order valence-electron chi connectivity index (χ2n) is 3.29. The first kappa shape index (κ1) is 14.6. The molecule has 0 fully saturated rings. The van der Waals surface area contributed by atoms with Crippen LogP contribution in [-0.2, 0) is 4.84 Å². The highest BCUT2D eigenvalue weighted by Gasteiger charge is 2.15. The molecular formula is C12H16ClNO4. The third-order valence-corrected chi connectivity index (χ3v) is 2.37. The fraction of sp³-hybridized carbons (Fsp3) is 0.417. The molecule has 0 bridgehead atoms. The van der Waals surface area contributed by atoms with Gasteiger partial charge in [0, 0.05) is 5.56 Å². The minimum Gasteiger partial charge on any atom is -0.493 e. The molecular weight excluding hydrogens is 258 g/mol. The van der Waals surface area contributed by atoms with Crippen LogP contribution in [0.1, 0.15) is 24.2 Å². The number of hydrogen-bond acceptors (Lipinski definition) is 4. The maximum absolute atomic E-state index is 11.7. The quantitative estimate of drug-likeness (QED) is 0.809. The van der Waals surface area contributed by atoms with Crippen LogP contribution in [0.25, 0.3) is 0 Å². The van der Waals surface area contributed by atoms with Crippen LogP contribution < -0.4 is 15.0 Å². The van der Waals surface area contributed by atoms with Gasteiger partial charge in [0.2, 0.25) is 0 Å². The van der Waals surface area contributed by atoms with E-state index in [1.165, 1.54) is 13.2 Å². The number of benzene rings is 1. The van der Waals surface area contributed by atoms with Crippen LogP contribution in [-0.4, -0.2) is 26.2 Å². The highest BCUT2D eigenvalue weighted by Crippen LogP contribution is 2.36. The number of ether oxygens (including phenoxy) is 2. The van der Waals surface area contributed by atoms with E-state index in [0.717, 1.165) is 0 Å². The minimum absolute atomic E-state index is 0.317. The van der Waals surface area contributed by atoms with Crippen LogP contribution in [0.15, 0.2) is 12.1 Å². The molecule has 18 heavy (non-hydrogen) atoms. The van der Waals surface area contributed by atoms with Crippen LogP contribution in [0.2, 0.25) is 5.02 Å². The van der Waals surface area contributed by atoms with Crippen LogP contribution in [0.3, 0.4) is 0 Å². The Labute approximate surface area is 111 Å². The maximum atomic E-state index is 11.7. The smallest absolute Gasteiger partial charge is 0.275 e. The summed E-state index contributed by atoms with van der Waals surface area (Å²) >= 11 is 6.04. The van der Waals surface area contributed by atoms with Crippen molar-refractivity contribution < 1.29 is 19.1 Å². The van der Waals surface area contributed by atoms with Crippen molar-refractivity contribution in [2.45, 2.75) is 13.8 Å². The van der Waals surface area contributed by atoms with E-state index in [0.29, 0.717) is 35.3 Å². The van der Waals surface area contributed by atoms with Gasteiger partial charge in [0.15, 0.2) is 11.5 Å². The third-order valence-electron chi connectivity index (χ3n) is 2.09. The van der Waals surface area contributed by atoms with Crippen LogP contribution in [0.5, 0.6) is 11.5 Å². The Morgan fingerprint density at radius 3 is 2.61 bits per heavy atom. The molecule has 0 heterocycles. The van der Waals surface area contributed by atoms with E-state index in [1.807, 2.05) is 6.92 Å². The highest BCUT2D eigenvalue weighted by molar-refractivity contribution is 6.32. The summed E-state index contributed by atoms with van der Waals surface area (Å²) in [5, 5.41) is 0.317. The molecule has 0 unspecified atom stereocenters. The predicted molar refractivity (Wildman–Crippen MR) is 68.3 cm³/mol. The monoisotopic (exact) mass is 273 g/mol. The van der Waals surface area contributed by atoms with Gasteiger partial charge in [-0.15, -0.1) is 0 Å². The molecule has 1 aromatic carbocycles. The summed E-state index contributed by atoms with van der Waals surface area (Å²) in [6.45, 7) is 4.45. The van der Waals surface area contributed by atoms with Gasteiger partial charge in [-0.2, -0.15) is 0 Å². The predicted octanol–water partition coefficient (Wildman–Crippen LogP) is 2.43. The van der Waals surface area contributed by atoms with Gasteiger partial charge in [0.25, 0.3) is 5.91 Å². The molecule has 100 valence electrons. The molecule has 1 amide bonds. The Bertz CT molecular complexity index is 423. The molecule has 0 aliphatic carbocycles. The second kappa shape index (κ2) is 7.08. The lowest BCUT2D eigenvalue weighted by molar-refractivity contribution is 0.0364. The van der Waals surface area contributed by atoms with E-state index in [4.69, 9.17) is 25.9 Å². The number of carbonyl (C=O) groups excluding carboxylic acids is 1. The second-order valence-corrected chi connectivity index (χ2v) is 3.69. The zero-order valence-electron chi connectivity index (χ0n) is 10.6. The topological polar surface area (TPSA) is 56.8 Å². The number of amides is 1. The van der Waals surface area contributed by atoms with Gasteiger partial charge in [-0.3, -0.25) is 9.63 Å². The number of rotatable bonds is 6. The molecule has 0 saturated carbocycles. The molecule has 0 aliphatic heterocycles. The van der Waals surface area contributed by atoms with Crippen molar-refractivity contribution in [3.05, 3.63) is 22.7 Å². The summed E-state index contributed by atoms with van der Waals surface area (Å²) in [6, 6.07) is 3.05. The van der Waals surface area contributed by atoms with Gasteiger partial charge >= 0.3 is 0 Å². The first-order chi connectivity index (χ1) is 8.63. The van der Waals surface area contributed by atoms with Crippen LogP contribution in [0.4, 0.5) is 0 Å². The van der Waals surface area contributed by atoms with Gasteiger partial charge in [-0.25, -0.2) is 5.48 Å². The molecule has 1 rings (SSSR count). The summed E-state index contributed by atoms with van der Waals surface area (Å²) in [7, 11) is 1.48. The number of halogens is 1. The lowest BCUT2D eigenvalue weighted by Gasteiger charge is -2.12. The maximum Gasteiger partial charge on any atom is 0.275 e. The van der Waals surface area contributed by atoms with Gasteiger partial charge in [-0.1, -0.05) is 11.6 Å². The Kier molecular flexibility index (Phi) is 5.74. The van der Waals surface area contributed by atoms with Crippen molar-refractivity contribution in [3.63, 3.8) is 0 Å². The number of nitrogens with one attached hydrogen (secondary N) is 1. The SMILES string of the molecule is CCONC(=O)c1cc(Cl)c(OCC)c(OC)c1. The van der Waals surface area contributed by atoms with Crippen molar-refractivity contribution in [2.75, 3.05) is 20.3 Å². The van der Waals surface area contributed by atoms with Gasteiger partial charge in [0.05, 0.1) is 25.3 Å². The van der Waals surface area contributed by atoms with E-state index < -0.39 is 0 Å². The average Bonchev–Trinajstić information content (AvgIpc) is 2.38. The Hall–Kier alpha value is -1.46. The molecule has 6 heteroatoms. The summed E-state index contributed by atoms with van der Waals surface area (Å²) in [6.07, 6.45) is 0. The van der Waals surface area contributed by atoms with Crippen molar-refractivity contribution in [2.24, 2.45) is 0 Å². The summed E-state index contributed by atoms with van der Waals surface area (Å²) in [5.74, 6) is 0.445. The van der Waals surface area contributed by atoms with Gasteiger partial charge in [0.1, 0.15) is 0 Å². The van der Waals surface area contributed by atoms with Crippen molar-refractivity contribution in [1.29, 1.82) is 0 Å². The normalized spacial score (nSPS) is 10.0. The fourth-order valence-corrected chi connectivity index (χ4v) is 1.60. The largest absolute Gasteiger partial charge is 0.493 e. The molecule has 0 radical (unpaired) electrons. The zero-order valence-corrected chi connectivity index (χ0v) is 11.3. The minimum atomic E-state index is -0.389. The van der Waals surface area contributed by atoms with E-state index in [9.17, 15) is 4.79 Å². The van der Waals surface area contributed by atoms with E-state index >= 15 is 0 Å². The first-order valence-corrected chi connectivity index (χ1v) is 5.94. The molecule has 0 spiro atoms. The molecule has 0 aliphatic rings. The summed E-state index contributed by atoms with van der Waals surface area (Å²) < 4.78 is 10.5. The molecule has 1 aromatic rings. The number of hydrogen-bond donors (Lipinski definition) is 1. The molecule has 1 N–H and O–H groups in total. The van der Waals surface area contributed by atoms with Gasteiger partial charge in [-0.05, 0) is 26.0 Å². The van der Waals surface area contributed by atoms with Gasteiger partial charge < -0.3 is 9.47 Å². The first-order valence-electron chi connectivity index (χ1n) is 5.56. The molecule has 5 nitrogen and oxygen atoms in total. The lowest BCUT2D eigenvalue weighted by Crippen LogP contribution is -2.23. The molecule has 0 atom stereocenters. The zero-order chi connectivity index (χ0) is 13.5. The number of methoxy groups -OCH3 is 1. The standard InChI is InChI=1S/C12H16ClNO4/c1-4-17-11-9(13)6-8(7-10(11)16-3)12(15)14-18-5-2/h6-7H,4-5H2,1-3H3,(H,14,15). The van der Waals surface area contributed by atoms with Crippen molar-refractivity contribution in [3.8, 4) is 11.5 Å². The van der Waals surface area contributed by atoms with E-state index in [1.54, 1.807) is 13.0 Å². The molecule has 0 saturated heterocycles. The van der Waals surface area contributed by atoms with E-state index in [-0.39, 0.29) is 5.91 Å². The van der Waals surface area contributed by atoms with Crippen LogP contribution >= 0.6 is 11.6 Å². The van der Waals surface area contributed by atoms with Crippen molar-refractivity contribution in [1.82, 2.24) is 5.48 Å². The van der Waals surface area contributed by atoms with Crippen LogP contribution in [0, 0.1) is 0 Å². The highest BCUT2D eigenvalue weighted by atomic mass is 35.5. The number of hydroxylamine groups is 1. The number of carbonyl (C=O) groups is 1. The van der Waals surface area contributed by atoms with Crippen molar-refractivity contribution >= 4 is 17.5 Å². The summed E-state index contributed by atoms with van der Waals surface area (Å²) in [5.41, 5.74) is 2.63.